The fourth-order valence-corrected chi connectivity index (χ4v) is 7.49. The minimum Gasteiger partial charge on any atom is -0.306 e. The van der Waals surface area contributed by atoms with E-state index in [4.69, 9.17) is 0 Å². The third-order valence-corrected chi connectivity index (χ3v) is 9.34. The minimum absolute atomic E-state index is 0.547. The van der Waals surface area contributed by atoms with E-state index in [-0.39, 0.29) is 0 Å². The van der Waals surface area contributed by atoms with Crippen molar-refractivity contribution in [1.29, 1.82) is 0 Å². The number of allylic oxidation sites excluding steroid dienone is 2. The van der Waals surface area contributed by atoms with Crippen LogP contribution in [0.3, 0.4) is 0 Å². The Bertz CT molecular complexity index is 506. The Balaban J connectivity index is 1.58. The van der Waals surface area contributed by atoms with Gasteiger partial charge in [-0.2, -0.15) is 0 Å². The first-order chi connectivity index (χ1) is 10.9. The van der Waals surface area contributed by atoms with Gasteiger partial charge in [-0.25, -0.2) is 0 Å². The van der Waals surface area contributed by atoms with Crippen LogP contribution in [0, 0.1) is 34.5 Å². The normalized spacial score (nSPS) is 52.6. The molecular weight excluding hydrogens is 278 g/mol. The first-order valence-electron chi connectivity index (χ1n) is 10.2. The summed E-state index contributed by atoms with van der Waals surface area (Å²) in [5, 5.41) is 0. The molecule has 3 fully saturated rings. The van der Waals surface area contributed by atoms with E-state index in [0.717, 1.165) is 29.7 Å². The van der Waals surface area contributed by atoms with Crippen molar-refractivity contribution in [2.24, 2.45) is 34.5 Å². The average Bonchev–Trinajstić information content (AvgIpc) is 2.82. The van der Waals surface area contributed by atoms with Crippen LogP contribution in [-0.4, -0.2) is 25.0 Å². The predicted octanol–water partition coefficient (Wildman–Crippen LogP) is 5.52. The Morgan fingerprint density at radius 3 is 2.52 bits per heavy atom. The summed E-state index contributed by atoms with van der Waals surface area (Å²) >= 11 is 0. The third kappa shape index (κ3) is 2.21. The van der Waals surface area contributed by atoms with Gasteiger partial charge in [0.15, 0.2) is 0 Å². The number of hydrogen-bond donors (Lipinski definition) is 0. The molecular formula is C22H37N. The van der Waals surface area contributed by atoms with Crippen LogP contribution in [0.5, 0.6) is 0 Å². The molecule has 7 atom stereocenters. The third-order valence-electron chi connectivity index (χ3n) is 9.34. The lowest BCUT2D eigenvalue weighted by atomic mass is 9.44. The van der Waals surface area contributed by atoms with E-state index < -0.39 is 0 Å². The summed E-state index contributed by atoms with van der Waals surface area (Å²) in [6, 6.07) is 0.842. The smallest absolute Gasteiger partial charge is 0.00922 e. The van der Waals surface area contributed by atoms with Crippen LogP contribution < -0.4 is 0 Å². The molecule has 0 heterocycles. The van der Waals surface area contributed by atoms with Crippen molar-refractivity contribution in [3.05, 3.63) is 11.6 Å². The van der Waals surface area contributed by atoms with E-state index in [2.05, 4.69) is 45.8 Å². The zero-order valence-electron chi connectivity index (χ0n) is 16.1. The van der Waals surface area contributed by atoms with Gasteiger partial charge in [-0.15, -0.1) is 0 Å². The molecule has 1 unspecified atom stereocenters. The molecule has 1 nitrogen and oxygen atoms in total. The first kappa shape index (κ1) is 16.2. The number of nitrogens with zero attached hydrogens (tertiary/aromatic N) is 1. The Labute approximate surface area is 143 Å². The van der Waals surface area contributed by atoms with Crippen LogP contribution in [0.2, 0.25) is 0 Å². The molecule has 0 bridgehead atoms. The summed E-state index contributed by atoms with van der Waals surface area (Å²) < 4.78 is 0. The number of hydrogen-bond acceptors (Lipinski definition) is 1. The summed E-state index contributed by atoms with van der Waals surface area (Å²) in [4.78, 5) is 2.49. The minimum atomic E-state index is 0.547. The molecule has 0 amide bonds. The van der Waals surface area contributed by atoms with Gasteiger partial charge in [-0.05, 0) is 107 Å². The van der Waals surface area contributed by atoms with E-state index in [1.807, 2.05) is 0 Å². The molecule has 0 spiro atoms. The van der Waals surface area contributed by atoms with Crippen LogP contribution in [-0.2, 0) is 0 Å². The van der Waals surface area contributed by atoms with Crippen molar-refractivity contribution in [1.82, 2.24) is 4.90 Å². The molecule has 0 aromatic carbocycles. The lowest BCUT2D eigenvalue weighted by Gasteiger charge is -2.61. The van der Waals surface area contributed by atoms with Crippen molar-refractivity contribution in [2.75, 3.05) is 14.1 Å². The maximum Gasteiger partial charge on any atom is 0.00922 e. The van der Waals surface area contributed by atoms with Gasteiger partial charge in [0.1, 0.15) is 0 Å². The van der Waals surface area contributed by atoms with Crippen molar-refractivity contribution >= 4 is 0 Å². The van der Waals surface area contributed by atoms with Gasteiger partial charge in [0.2, 0.25) is 0 Å². The maximum atomic E-state index is 2.69. The molecule has 4 aliphatic carbocycles. The Morgan fingerprint density at radius 1 is 1.00 bits per heavy atom. The van der Waals surface area contributed by atoms with Crippen molar-refractivity contribution in [3.8, 4) is 0 Å². The number of rotatable bonds is 1. The van der Waals surface area contributed by atoms with Crippen LogP contribution >= 0.6 is 0 Å². The molecule has 0 saturated heterocycles. The SMILES string of the molecule is CC1=CCC2[C@@H]3CC[C@H]4C[C@@H](N(C)C)CC[C@]4(C)[C@H]3CC[C@]12C. The molecule has 0 N–H and O–H groups in total. The molecule has 0 aromatic rings. The topological polar surface area (TPSA) is 3.24 Å². The Kier molecular flexibility index (Phi) is 3.76. The highest BCUT2D eigenvalue weighted by molar-refractivity contribution is 5.23. The highest BCUT2D eigenvalue weighted by Crippen LogP contribution is 2.66. The summed E-state index contributed by atoms with van der Waals surface area (Å²) in [5.74, 6) is 3.98. The second-order valence-corrected chi connectivity index (χ2v) is 10.1. The second-order valence-electron chi connectivity index (χ2n) is 10.1. The van der Waals surface area contributed by atoms with Crippen LogP contribution in [0.1, 0.15) is 72.1 Å². The van der Waals surface area contributed by atoms with Crippen molar-refractivity contribution in [3.63, 3.8) is 0 Å². The standard InChI is InChI=1S/C22H37N/c1-15-6-9-19-18-8-7-16-14-17(23(4)5)10-12-22(16,3)20(18)11-13-21(15,19)2/h6,16-20H,7-14H2,1-5H3/t16-,17-,18-,19?,20-,21+,22-/m0/s1. The van der Waals surface area contributed by atoms with Crippen LogP contribution in [0.4, 0.5) is 0 Å². The lowest BCUT2D eigenvalue weighted by molar-refractivity contribution is -0.109. The molecule has 130 valence electrons. The lowest BCUT2D eigenvalue weighted by Crippen LogP contribution is -2.54. The van der Waals surface area contributed by atoms with E-state index in [1.165, 1.54) is 51.4 Å². The van der Waals surface area contributed by atoms with Gasteiger partial charge in [-0.3, -0.25) is 0 Å². The zero-order valence-corrected chi connectivity index (χ0v) is 16.1. The molecule has 4 aliphatic rings. The zero-order chi connectivity index (χ0) is 16.4. The molecule has 0 aliphatic heterocycles. The van der Waals surface area contributed by atoms with Gasteiger partial charge >= 0.3 is 0 Å². The van der Waals surface area contributed by atoms with E-state index in [9.17, 15) is 0 Å². The maximum absolute atomic E-state index is 2.69. The largest absolute Gasteiger partial charge is 0.306 e. The number of fused-ring (bicyclic) bond motifs is 5. The Hall–Kier alpha value is -0.300. The van der Waals surface area contributed by atoms with E-state index in [0.29, 0.717) is 10.8 Å². The van der Waals surface area contributed by atoms with E-state index >= 15 is 0 Å². The van der Waals surface area contributed by atoms with Crippen molar-refractivity contribution in [2.45, 2.75) is 78.2 Å². The molecule has 3 saturated carbocycles. The first-order valence-corrected chi connectivity index (χ1v) is 10.2. The summed E-state index contributed by atoms with van der Waals surface area (Å²) in [6.07, 6.45) is 14.3. The predicted molar refractivity (Wildman–Crippen MR) is 98.3 cm³/mol. The summed E-state index contributed by atoms with van der Waals surface area (Å²) in [5.41, 5.74) is 2.91. The van der Waals surface area contributed by atoms with E-state index in [1.54, 1.807) is 5.57 Å². The van der Waals surface area contributed by atoms with Gasteiger partial charge in [-0.1, -0.05) is 25.5 Å². The van der Waals surface area contributed by atoms with Gasteiger partial charge in [0, 0.05) is 6.04 Å². The molecule has 4 rings (SSSR count). The molecule has 23 heavy (non-hydrogen) atoms. The van der Waals surface area contributed by atoms with Crippen LogP contribution in [0.15, 0.2) is 11.6 Å². The van der Waals surface area contributed by atoms with Gasteiger partial charge in [0.05, 0.1) is 0 Å². The fourth-order valence-electron chi connectivity index (χ4n) is 7.49. The Morgan fingerprint density at radius 2 is 1.78 bits per heavy atom. The van der Waals surface area contributed by atoms with Gasteiger partial charge in [0.25, 0.3) is 0 Å². The molecule has 0 radical (unpaired) electrons. The second kappa shape index (κ2) is 5.35. The highest BCUT2D eigenvalue weighted by Gasteiger charge is 2.58. The molecule has 0 aromatic heterocycles. The fraction of sp³-hybridized carbons (Fsp3) is 0.909. The van der Waals surface area contributed by atoms with Crippen LogP contribution in [0.25, 0.3) is 0 Å². The molecule has 1 heteroatoms. The summed E-state index contributed by atoms with van der Waals surface area (Å²) in [7, 11) is 4.58. The summed E-state index contributed by atoms with van der Waals surface area (Å²) in [6.45, 7) is 7.69. The van der Waals surface area contributed by atoms with Crippen molar-refractivity contribution < 1.29 is 0 Å². The highest BCUT2D eigenvalue weighted by atomic mass is 15.1. The van der Waals surface area contributed by atoms with Gasteiger partial charge < -0.3 is 4.90 Å². The quantitative estimate of drug-likeness (QED) is 0.576. The average molecular weight is 316 g/mol. The monoisotopic (exact) mass is 315 g/mol.